The molecule has 1 aliphatic rings. The van der Waals surface area contributed by atoms with Crippen LogP contribution in [0.15, 0.2) is 161 Å². The van der Waals surface area contributed by atoms with Crippen molar-refractivity contribution in [2.45, 2.75) is 0 Å². The molecule has 1 aliphatic heterocycles. The largest absolute Gasteiger partial charge is 0.456 e. The summed E-state index contributed by atoms with van der Waals surface area (Å²) in [6.07, 6.45) is 0. The second-order valence-corrected chi connectivity index (χ2v) is 11.7. The molecule has 8 aromatic rings. The monoisotopic (exact) mass is 591 g/mol. The van der Waals surface area contributed by atoms with Crippen LogP contribution in [0.4, 0.5) is 28.4 Å². The Balaban J connectivity index is 1.25. The van der Waals surface area contributed by atoms with Gasteiger partial charge in [-0.3, -0.25) is 4.99 Å². The second-order valence-electron chi connectivity index (χ2n) is 11.7. The Hall–Kier alpha value is -6.13. The molecular weight excluding hydrogens is 562 g/mol. The minimum absolute atomic E-state index is 0.587. The van der Waals surface area contributed by atoms with Crippen LogP contribution in [0.1, 0.15) is 0 Å². The molecule has 4 nitrogen and oxygen atoms in total. The van der Waals surface area contributed by atoms with E-state index in [1.54, 1.807) is 0 Å². The van der Waals surface area contributed by atoms with Crippen molar-refractivity contribution in [2.24, 2.45) is 4.99 Å². The molecule has 46 heavy (non-hydrogen) atoms. The van der Waals surface area contributed by atoms with E-state index in [9.17, 15) is 0 Å². The maximum absolute atomic E-state index is 6.12. The Morgan fingerprint density at radius 2 is 1.26 bits per heavy atom. The van der Waals surface area contributed by atoms with Gasteiger partial charge in [-0.1, -0.05) is 97.1 Å². The second kappa shape index (κ2) is 10.5. The number of fused-ring (bicyclic) bond motifs is 8. The minimum atomic E-state index is 0.587. The summed E-state index contributed by atoms with van der Waals surface area (Å²) >= 11 is 0. The number of benzene rings is 7. The first kappa shape index (κ1) is 26.3. The molecular formula is C42H29N3O. The molecule has 0 radical (unpaired) electrons. The van der Waals surface area contributed by atoms with Crippen molar-refractivity contribution in [1.82, 2.24) is 0 Å². The molecule has 0 fully saturated rings. The average molecular weight is 592 g/mol. The van der Waals surface area contributed by atoms with Gasteiger partial charge >= 0.3 is 0 Å². The lowest BCUT2D eigenvalue weighted by atomic mass is 9.94. The summed E-state index contributed by atoms with van der Waals surface area (Å²) in [7, 11) is 0. The zero-order valence-electron chi connectivity index (χ0n) is 25.1. The molecule has 0 spiro atoms. The van der Waals surface area contributed by atoms with E-state index in [1.165, 1.54) is 21.9 Å². The zero-order valence-corrected chi connectivity index (χ0v) is 25.1. The highest BCUT2D eigenvalue weighted by atomic mass is 16.3. The number of aliphatic imine (C=N–C) groups is 1. The number of furan rings is 1. The highest BCUT2D eigenvalue weighted by Gasteiger charge is 2.29. The third-order valence-electron chi connectivity index (χ3n) is 9.16. The molecule has 0 atom stereocenters. The summed E-state index contributed by atoms with van der Waals surface area (Å²) in [4.78, 5) is 9.23. The summed E-state index contributed by atoms with van der Waals surface area (Å²) in [5.74, 6) is 0. The number of hydrogen-bond donors (Lipinski definition) is 0. The third-order valence-corrected chi connectivity index (χ3v) is 9.16. The number of nitrogens with zero attached hydrogens (tertiary/aromatic N) is 3. The van der Waals surface area contributed by atoms with E-state index in [0.29, 0.717) is 6.67 Å². The van der Waals surface area contributed by atoms with Crippen molar-refractivity contribution in [2.75, 3.05) is 16.5 Å². The first-order valence-corrected chi connectivity index (χ1v) is 15.5. The van der Waals surface area contributed by atoms with Crippen LogP contribution in [0.25, 0.3) is 55.0 Å². The first-order chi connectivity index (χ1) is 22.8. The van der Waals surface area contributed by atoms with Crippen LogP contribution in [-0.2, 0) is 0 Å². The van der Waals surface area contributed by atoms with Gasteiger partial charge in [-0.05, 0) is 83.2 Å². The van der Waals surface area contributed by atoms with E-state index in [0.717, 1.165) is 61.5 Å². The fourth-order valence-corrected chi connectivity index (χ4v) is 6.99. The Morgan fingerprint density at radius 1 is 0.522 bits per heavy atom. The SMILES string of the molecule is C=Nc1ccccc1N1CN(c2cccc(-c3ccc4oc5ccccc5c4c3)c2)c2ccccc2-c2c1ccc1ccccc21. The van der Waals surface area contributed by atoms with Gasteiger partial charge in [0.15, 0.2) is 0 Å². The van der Waals surface area contributed by atoms with Crippen molar-refractivity contribution in [3.8, 4) is 22.3 Å². The molecule has 4 heteroatoms. The van der Waals surface area contributed by atoms with Crippen molar-refractivity contribution in [3.63, 3.8) is 0 Å². The van der Waals surface area contributed by atoms with Gasteiger partial charge in [0.1, 0.15) is 17.8 Å². The van der Waals surface area contributed by atoms with Crippen LogP contribution in [0.3, 0.4) is 0 Å². The summed E-state index contributed by atoms with van der Waals surface area (Å²) in [5.41, 5.74) is 11.8. The van der Waals surface area contributed by atoms with Gasteiger partial charge in [-0.15, -0.1) is 0 Å². The van der Waals surface area contributed by atoms with E-state index < -0.39 is 0 Å². The highest BCUT2D eigenvalue weighted by molar-refractivity contribution is 6.09. The van der Waals surface area contributed by atoms with Gasteiger partial charge in [0, 0.05) is 27.6 Å². The molecule has 0 saturated heterocycles. The zero-order chi connectivity index (χ0) is 30.6. The van der Waals surface area contributed by atoms with Crippen LogP contribution in [0.5, 0.6) is 0 Å². The quantitative estimate of drug-likeness (QED) is 0.191. The molecule has 0 saturated carbocycles. The summed E-state index contributed by atoms with van der Waals surface area (Å²) in [6.45, 7) is 4.50. The maximum atomic E-state index is 6.12. The summed E-state index contributed by atoms with van der Waals surface area (Å²) in [6, 6.07) is 53.7. The molecule has 2 heterocycles. The molecule has 0 unspecified atom stereocenters. The maximum Gasteiger partial charge on any atom is 0.135 e. The van der Waals surface area contributed by atoms with Crippen molar-refractivity contribution in [1.29, 1.82) is 0 Å². The van der Waals surface area contributed by atoms with E-state index in [-0.39, 0.29) is 0 Å². The standard InChI is InChI=1S/C42H29N3O/c1-43-36-17-6-8-19-38(36)45-27-44(37-18-7-4-16-34(37)42-32-14-3-2-11-28(32)21-23-39(42)45)31-13-10-12-29(25-31)30-22-24-41-35(26-30)33-15-5-9-20-40(33)46-41/h2-26H,1,27H2. The van der Waals surface area contributed by atoms with E-state index >= 15 is 0 Å². The van der Waals surface area contributed by atoms with Crippen LogP contribution >= 0.6 is 0 Å². The Bertz CT molecular complexity index is 2460. The molecule has 7 aromatic carbocycles. The number of anilines is 4. The molecule has 1 aromatic heterocycles. The van der Waals surface area contributed by atoms with Crippen LogP contribution in [-0.4, -0.2) is 13.4 Å². The summed E-state index contributed by atoms with van der Waals surface area (Å²) in [5, 5.41) is 4.69. The van der Waals surface area contributed by atoms with E-state index in [4.69, 9.17) is 4.42 Å². The van der Waals surface area contributed by atoms with Crippen molar-refractivity contribution in [3.05, 3.63) is 152 Å². The molecule has 9 rings (SSSR count). The van der Waals surface area contributed by atoms with Gasteiger partial charge < -0.3 is 14.2 Å². The normalized spacial score (nSPS) is 12.7. The first-order valence-electron chi connectivity index (χ1n) is 15.5. The topological polar surface area (TPSA) is 32.0 Å². The number of rotatable bonds is 4. The number of hydrogen-bond acceptors (Lipinski definition) is 4. The van der Waals surface area contributed by atoms with Crippen LogP contribution in [0, 0.1) is 0 Å². The van der Waals surface area contributed by atoms with Gasteiger partial charge in [-0.2, -0.15) is 0 Å². The van der Waals surface area contributed by atoms with E-state index in [1.807, 2.05) is 24.3 Å². The Morgan fingerprint density at radius 3 is 2.17 bits per heavy atom. The molecule has 0 aliphatic carbocycles. The predicted molar refractivity (Wildman–Crippen MR) is 193 cm³/mol. The van der Waals surface area contributed by atoms with Crippen molar-refractivity contribution >= 4 is 67.9 Å². The molecule has 218 valence electrons. The molecule has 0 amide bonds. The summed E-state index contributed by atoms with van der Waals surface area (Å²) < 4.78 is 6.12. The lowest BCUT2D eigenvalue weighted by Crippen LogP contribution is -2.31. The Kier molecular flexibility index (Phi) is 6.00. The molecule has 0 bridgehead atoms. The highest BCUT2D eigenvalue weighted by Crippen LogP contribution is 2.50. The smallest absolute Gasteiger partial charge is 0.135 e. The van der Waals surface area contributed by atoms with Gasteiger partial charge in [0.05, 0.1) is 22.7 Å². The fourth-order valence-electron chi connectivity index (χ4n) is 6.99. The van der Waals surface area contributed by atoms with Gasteiger partial charge in [0.25, 0.3) is 0 Å². The van der Waals surface area contributed by atoms with E-state index in [2.05, 4.69) is 149 Å². The van der Waals surface area contributed by atoms with Gasteiger partial charge in [0.2, 0.25) is 0 Å². The fraction of sp³-hybridized carbons (Fsp3) is 0.0238. The predicted octanol–water partition coefficient (Wildman–Crippen LogP) is 11.7. The average Bonchev–Trinajstić information content (AvgIpc) is 3.42. The van der Waals surface area contributed by atoms with Gasteiger partial charge in [-0.25, -0.2) is 0 Å². The minimum Gasteiger partial charge on any atom is -0.456 e. The molecule has 0 N–H and O–H groups in total. The third kappa shape index (κ3) is 4.11. The lowest BCUT2D eigenvalue weighted by molar-refractivity contribution is 0.669. The number of para-hydroxylation sites is 4. The van der Waals surface area contributed by atoms with Crippen LogP contribution in [0.2, 0.25) is 0 Å². The Labute approximate surface area is 267 Å². The van der Waals surface area contributed by atoms with Crippen LogP contribution < -0.4 is 9.80 Å². The lowest BCUT2D eigenvalue weighted by Gasteiger charge is -2.32. The van der Waals surface area contributed by atoms with Crippen molar-refractivity contribution < 1.29 is 4.42 Å².